The Balaban J connectivity index is 2.55. The van der Waals surface area contributed by atoms with Gasteiger partial charge in [-0.05, 0) is 30.0 Å². The predicted octanol–water partition coefficient (Wildman–Crippen LogP) is 3.42. The van der Waals surface area contributed by atoms with E-state index in [0.29, 0.717) is 30.0 Å². The van der Waals surface area contributed by atoms with Crippen LogP contribution in [0, 0.1) is 5.92 Å². The maximum Gasteiger partial charge on any atom is 0.290 e. The predicted molar refractivity (Wildman–Crippen MR) is 98.4 cm³/mol. The van der Waals surface area contributed by atoms with Gasteiger partial charge in [0.15, 0.2) is 23.0 Å². The molecule has 0 aromatic heterocycles. The van der Waals surface area contributed by atoms with Crippen molar-refractivity contribution in [3.63, 3.8) is 0 Å². The van der Waals surface area contributed by atoms with Gasteiger partial charge in [0, 0.05) is 13.0 Å². The molecule has 0 aliphatic carbocycles. The Kier molecular flexibility index (Phi) is 6.29. The third kappa shape index (κ3) is 3.69. The van der Waals surface area contributed by atoms with Gasteiger partial charge in [0.25, 0.3) is 5.91 Å². The number of aliphatic hydroxyl groups excluding tert-OH is 1. The summed E-state index contributed by atoms with van der Waals surface area (Å²) >= 11 is 0. The SMILES string of the molecule is CCCN1C(=O)C(O)=C(C(=O)CC(C)C)C1c1ccc(OC)c(OC)c1. The Morgan fingerprint density at radius 3 is 2.42 bits per heavy atom. The first kappa shape index (κ1) is 19.8. The highest BCUT2D eigenvalue weighted by Gasteiger charge is 2.43. The average molecular weight is 361 g/mol. The molecule has 1 aromatic rings. The van der Waals surface area contributed by atoms with Crippen LogP contribution in [-0.2, 0) is 9.59 Å². The van der Waals surface area contributed by atoms with Crippen LogP contribution in [0.4, 0.5) is 0 Å². The number of amides is 1. The molecule has 0 bridgehead atoms. The fourth-order valence-corrected chi connectivity index (χ4v) is 3.26. The number of hydrogen-bond donors (Lipinski definition) is 1. The van der Waals surface area contributed by atoms with E-state index >= 15 is 0 Å². The summed E-state index contributed by atoms with van der Waals surface area (Å²) in [4.78, 5) is 26.9. The molecule has 0 saturated heterocycles. The second-order valence-corrected chi connectivity index (χ2v) is 6.80. The van der Waals surface area contributed by atoms with Crippen molar-refractivity contribution >= 4 is 11.7 Å². The highest BCUT2D eigenvalue weighted by atomic mass is 16.5. The number of carbonyl (C=O) groups is 2. The molecule has 1 unspecified atom stereocenters. The lowest BCUT2D eigenvalue weighted by atomic mass is 9.92. The van der Waals surface area contributed by atoms with Crippen LogP contribution >= 0.6 is 0 Å². The summed E-state index contributed by atoms with van der Waals surface area (Å²) in [5.41, 5.74) is 0.880. The molecule has 6 nitrogen and oxygen atoms in total. The molecule has 0 saturated carbocycles. The van der Waals surface area contributed by atoms with E-state index in [9.17, 15) is 14.7 Å². The zero-order valence-corrected chi connectivity index (χ0v) is 16.0. The lowest BCUT2D eigenvalue weighted by molar-refractivity contribution is -0.129. The minimum Gasteiger partial charge on any atom is -0.503 e. The van der Waals surface area contributed by atoms with Gasteiger partial charge in [0.2, 0.25) is 0 Å². The summed E-state index contributed by atoms with van der Waals surface area (Å²) < 4.78 is 10.6. The van der Waals surface area contributed by atoms with Gasteiger partial charge in [-0.15, -0.1) is 0 Å². The minimum absolute atomic E-state index is 0.129. The molecule has 1 aliphatic rings. The highest BCUT2D eigenvalue weighted by molar-refractivity contribution is 6.09. The molecule has 0 radical (unpaired) electrons. The van der Waals surface area contributed by atoms with Gasteiger partial charge < -0.3 is 19.5 Å². The third-order valence-electron chi connectivity index (χ3n) is 4.39. The number of Topliss-reactive ketones (excluding diaryl/α,β-unsaturated/α-hetero) is 1. The first-order valence-corrected chi connectivity index (χ1v) is 8.84. The number of hydrogen-bond acceptors (Lipinski definition) is 5. The van der Waals surface area contributed by atoms with Crippen molar-refractivity contribution in [3.05, 3.63) is 35.1 Å². The van der Waals surface area contributed by atoms with Crippen LogP contribution in [0.3, 0.4) is 0 Å². The van der Waals surface area contributed by atoms with Crippen molar-refractivity contribution in [3.8, 4) is 11.5 Å². The number of nitrogens with zero attached hydrogens (tertiary/aromatic N) is 1. The first-order chi connectivity index (χ1) is 12.3. The number of methoxy groups -OCH3 is 2. The molecule has 6 heteroatoms. The van der Waals surface area contributed by atoms with Gasteiger partial charge in [0.1, 0.15) is 0 Å². The van der Waals surface area contributed by atoms with Crippen molar-refractivity contribution in [2.24, 2.45) is 5.92 Å². The summed E-state index contributed by atoms with van der Waals surface area (Å²) in [6, 6.07) is 4.67. The Morgan fingerprint density at radius 2 is 1.88 bits per heavy atom. The van der Waals surface area contributed by atoms with E-state index in [-0.39, 0.29) is 23.7 Å². The standard InChI is InChI=1S/C20H27NO5/c1-6-9-21-18(13-7-8-15(25-4)16(11-13)26-5)17(19(23)20(21)24)14(22)10-12(2)3/h7-8,11-12,18,23H,6,9-10H2,1-5H3. The monoisotopic (exact) mass is 361 g/mol. The zero-order chi connectivity index (χ0) is 19.4. The zero-order valence-electron chi connectivity index (χ0n) is 16.0. The van der Waals surface area contributed by atoms with Crippen LogP contribution in [0.1, 0.15) is 45.2 Å². The van der Waals surface area contributed by atoms with Crippen LogP contribution in [-0.4, -0.2) is 42.5 Å². The first-order valence-electron chi connectivity index (χ1n) is 8.84. The molecule has 1 aromatic carbocycles. The summed E-state index contributed by atoms with van der Waals surface area (Å²) in [6.07, 6.45) is 0.991. The molecule has 1 amide bonds. The number of aliphatic hydroxyl groups is 1. The number of ketones is 1. The molecule has 26 heavy (non-hydrogen) atoms. The molecule has 2 rings (SSSR count). The lowest BCUT2D eigenvalue weighted by Gasteiger charge is -2.27. The second kappa shape index (κ2) is 8.25. The van der Waals surface area contributed by atoms with Gasteiger partial charge in [-0.2, -0.15) is 0 Å². The van der Waals surface area contributed by atoms with Crippen molar-refractivity contribution in [1.82, 2.24) is 4.90 Å². The van der Waals surface area contributed by atoms with Gasteiger partial charge in [-0.1, -0.05) is 26.8 Å². The molecule has 1 heterocycles. The third-order valence-corrected chi connectivity index (χ3v) is 4.39. The fourth-order valence-electron chi connectivity index (χ4n) is 3.26. The Labute approximate surface area is 154 Å². The molecule has 142 valence electrons. The second-order valence-electron chi connectivity index (χ2n) is 6.80. The summed E-state index contributed by atoms with van der Waals surface area (Å²) in [5, 5.41) is 10.4. The molecule has 1 aliphatic heterocycles. The van der Waals surface area contributed by atoms with E-state index in [0.717, 1.165) is 0 Å². The van der Waals surface area contributed by atoms with Crippen molar-refractivity contribution < 1.29 is 24.2 Å². The average Bonchev–Trinajstić information content (AvgIpc) is 2.85. The maximum atomic E-state index is 12.8. The van der Waals surface area contributed by atoms with Gasteiger partial charge in [-0.25, -0.2) is 0 Å². The van der Waals surface area contributed by atoms with E-state index in [4.69, 9.17) is 9.47 Å². The van der Waals surface area contributed by atoms with Crippen LogP contribution < -0.4 is 9.47 Å². The van der Waals surface area contributed by atoms with Crippen molar-refractivity contribution in [1.29, 1.82) is 0 Å². The van der Waals surface area contributed by atoms with Gasteiger partial charge in [-0.3, -0.25) is 9.59 Å². The number of rotatable bonds is 8. The molecule has 1 atom stereocenters. The quantitative estimate of drug-likeness (QED) is 0.768. The van der Waals surface area contributed by atoms with Crippen molar-refractivity contribution in [2.75, 3.05) is 20.8 Å². The largest absolute Gasteiger partial charge is 0.503 e. The Morgan fingerprint density at radius 1 is 1.23 bits per heavy atom. The molecule has 0 fully saturated rings. The smallest absolute Gasteiger partial charge is 0.290 e. The van der Waals surface area contributed by atoms with E-state index in [1.54, 1.807) is 30.2 Å². The van der Waals surface area contributed by atoms with Crippen LogP contribution in [0.25, 0.3) is 0 Å². The molecule has 1 N–H and O–H groups in total. The van der Waals surface area contributed by atoms with Gasteiger partial charge >= 0.3 is 0 Å². The van der Waals surface area contributed by atoms with E-state index < -0.39 is 17.7 Å². The van der Waals surface area contributed by atoms with E-state index in [2.05, 4.69) is 0 Å². The van der Waals surface area contributed by atoms with Gasteiger partial charge in [0.05, 0.1) is 25.8 Å². The minimum atomic E-state index is -0.617. The lowest BCUT2D eigenvalue weighted by Crippen LogP contribution is -2.32. The molecular weight excluding hydrogens is 334 g/mol. The maximum absolute atomic E-state index is 12.8. The highest BCUT2D eigenvalue weighted by Crippen LogP contribution is 2.41. The van der Waals surface area contributed by atoms with E-state index in [1.807, 2.05) is 20.8 Å². The summed E-state index contributed by atoms with van der Waals surface area (Å²) in [7, 11) is 3.08. The topological polar surface area (TPSA) is 76.1 Å². The van der Waals surface area contributed by atoms with Crippen molar-refractivity contribution in [2.45, 2.75) is 39.7 Å². The normalized spacial score (nSPS) is 17.2. The Bertz CT molecular complexity index is 723. The van der Waals surface area contributed by atoms with Crippen LogP contribution in [0.5, 0.6) is 11.5 Å². The Hall–Kier alpha value is -2.50. The van der Waals surface area contributed by atoms with Crippen LogP contribution in [0.15, 0.2) is 29.5 Å². The summed E-state index contributed by atoms with van der Waals surface area (Å²) in [5.74, 6) is 0.0536. The fraction of sp³-hybridized carbons (Fsp3) is 0.500. The molecule has 0 spiro atoms. The molecular formula is C20H27NO5. The van der Waals surface area contributed by atoms with Crippen LogP contribution in [0.2, 0.25) is 0 Å². The number of benzene rings is 1. The van der Waals surface area contributed by atoms with E-state index in [1.165, 1.54) is 7.11 Å². The number of carbonyl (C=O) groups excluding carboxylic acids is 2. The number of ether oxygens (including phenoxy) is 2. The summed E-state index contributed by atoms with van der Waals surface area (Å²) in [6.45, 7) is 6.26.